The van der Waals surface area contributed by atoms with Crippen LogP contribution in [-0.4, -0.2) is 49.9 Å². The third kappa shape index (κ3) is 4.84. The first kappa shape index (κ1) is 22.8. The van der Waals surface area contributed by atoms with Gasteiger partial charge in [0.1, 0.15) is 5.82 Å². The van der Waals surface area contributed by atoms with Crippen molar-refractivity contribution in [2.24, 2.45) is 5.92 Å². The third-order valence-electron chi connectivity index (χ3n) is 6.06. The van der Waals surface area contributed by atoms with Gasteiger partial charge in [-0.05, 0) is 49.4 Å². The van der Waals surface area contributed by atoms with Crippen molar-refractivity contribution < 1.29 is 18.0 Å². The maximum absolute atomic E-state index is 13.7. The minimum atomic E-state index is -4.43. The first-order valence-electron chi connectivity index (χ1n) is 10.8. The van der Waals surface area contributed by atoms with Crippen LogP contribution in [0.4, 0.5) is 19.0 Å². The fourth-order valence-electron chi connectivity index (χ4n) is 4.27. The van der Waals surface area contributed by atoms with Crippen molar-refractivity contribution in [2.45, 2.75) is 38.9 Å². The van der Waals surface area contributed by atoms with Crippen LogP contribution in [0.2, 0.25) is 0 Å². The van der Waals surface area contributed by atoms with Gasteiger partial charge in [-0.2, -0.15) is 28.2 Å². The number of likely N-dealkylation sites (tertiary alicyclic amines) is 1. The topological polar surface area (TPSA) is 75.9 Å². The van der Waals surface area contributed by atoms with Gasteiger partial charge >= 0.3 is 6.18 Å². The number of benzene rings is 1. The number of aryl methyl sites for hydroxylation is 1. The highest BCUT2D eigenvalue weighted by Crippen LogP contribution is 2.30. The van der Waals surface area contributed by atoms with Gasteiger partial charge in [-0.25, -0.2) is 4.98 Å². The SMILES string of the molecule is Cc1cccc(-n2nccn2)c1C(=O)N1CCCC(C)C1CNc1ccc(C(F)(F)F)cn1. The average molecular weight is 458 g/mol. The smallest absolute Gasteiger partial charge is 0.368 e. The van der Waals surface area contributed by atoms with E-state index in [9.17, 15) is 18.0 Å². The molecular weight excluding hydrogens is 433 g/mol. The maximum atomic E-state index is 13.7. The molecule has 1 aliphatic heterocycles. The van der Waals surface area contributed by atoms with E-state index in [1.54, 1.807) is 12.4 Å². The van der Waals surface area contributed by atoms with Gasteiger partial charge in [0.05, 0.1) is 35.2 Å². The summed E-state index contributed by atoms with van der Waals surface area (Å²) in [5.41, 5.74) is 1.18. The molecule has 0 saturated carbocycles. The fourth-order valence-corrected chi connectivity index (χ4v) is 4.27. The highest BCUT2D eigenvalue weighted by atomic mass is 19.4. The lowest BCUT2D eigenvalue weighted by Gasteiger charge is -2.40. The van der Waals surface area contributed by atoms with Crippen LogP contribution in [0, 0.1) is 12.8 Å². The molecule has 33 heavy (non-hydrogen) atoms. The standard InChI is InChI=1S/C23H25F3N6O/c1-15-6-4-12-31(19(15)14-28-20-9-8-17(13-27-20)23(24,25)26)22(33)21-16(2)5-3-7-18(21)32-29-10-11-30-32/h3,5,7-11,13,15,19H,4,6,12,14H2,1-2H3,(H,27,28). The van der Waals surface area contributed by atoms with Crippen molar-refractivity contribution in [2.75, 3.05) is 18.4 Å². The van der Waals surface area contributed by atoms with Crippen LogP contribution < -0.4 is 5.32 Å². The predicted octanol–water partition coefficient (Wildman–Crippen LogP) is 4.34. The van der Waals surface area contributed by atoms with Gasteiger partial charge in [0.25, 0.3) is 5.91 Å². The number of nitrogens with zero attached hydrogens (tertiary/aromatic N) is 5. The molecule has 1 fully saturated rings. The van der Waals surface area contributed by atoms with E-state index >= 15 is 0 Å². The number of rotatable bonds is 5. The molecule has 4 rings (SSSR count). The Kier molecular flexibility index (Phi) is 6.35. The molecule has 0 spiro atoms. The Labute approximate surface area is 189 Å². The number of aromatic nitrogens is 4. The van der Waals surface area contributed by atoms with Crippen LogP contribution in [0.5, 0.6) is 0 Å². The van der Waals surface area contributed by atoms with Gasteiger partial charge in [-0.15, -0.1) is 0 Å². The maximum Gasteiger partial charge on any atom is 0.417 e. The average Bonchev–Trinajstić information content (AvgIpc) is 3.32. The van der Waals surface area contributed by atoms with Crippen LogP contribution in [0.15, 0.2) is 48.9 Å². The van der Waals surface area contributed by atoms with Gasteiger partial charge in [0.2, 0.25) is 0 Å². The monoisotopic (exact) mass is 458 g/mol. The number of amides is 1. The summed E-state index contributed by atoms with van der Waals surface area (Å²) >= 11 is 0. The van der Waals surface area contributed by atoms with E-state index in [2.05, 4.69) is 27.4 Å². The number of pyridine rings is 1. The lowest BCUT2D eigenvalue weighted by atomic mass is 9.89. The molecule has 2 unspecified atom stereocenters. The van der Waals surface area contributed by atoms with Crippen molar-refractivity contribution in [1.29, 1.82) is 0 Å². The summed E-state index contributed by atoms with van der Waals surface area (Å²) in [4.78, 5) is 20.9. The Morgan fingerprint density at radius 2 is 1.94 bits per heavy atom. The van der Waals surface area contributed by atoms with Gasteiger partial charge < -0.3 is 10.2 Å². The molecule has 2 atom stereocenters. The summed E-state index contributed by atoms with van der Waals surface area (Å²) < 4.78 is 38.4. The van der Waals surface area contributed by atoms with Crippen molar-refractivity contribution in [1.82, 2.24) is 24.9 Å². The van der Waals surface area contributed by atoms with Gasteiger partial charge in [0.15, 0.2) is 0 Å². The second kappa shape index (κ2) is 9.21. The largest absolute Gasteiger partial charge is 0.417 e. The van der Waals surface area contributed by atoms with Gasteiger partial charge in [-0.3, -0.25) is 4.79 Å². The summed E-state index contributed by atoms with van der Waals surface area (Å²) in [6.07, 6.45) is 1.33. The van der Waals surface area contributed by atoms with E-state index in [0.717, 1.165) is 30.7 Å². The highest BCUT2D eigenvalue weighted by Gasteiger charge is 2.34. The van der Waals surface area contributed by atoms with E-state index < -0.39 is 11.7 Å². The molecule has 1 N–H and O–H groups in total. The molecule has 2 aromatic heterocycles. The predicted molar refractivity (Wildman–Crippen MR) is 117 cm³/mol. The number of hydrogen-bond acceptors (Lipinski definition) is 5. The Balaban J connectivity index is 1.56. The molecule has 3 aromatic rings. The number of carbonyl (C=O) groups is 1. The van der Waals surface area contributed by atoms with E-state index in [-0.39, 0.29) is 17.9 Å². The minimum absolute atomic E-state index is 0.112. The summed E-state index contributed by atoms with van der Waals surface area (Å²) in [5, 5.41) is 11.5. The second-order valence-corrected chi connectivity index (χ2v) is 8.28. The van der Waals surface area contributed by atoms with E-state index in [4.69, 9.17) is 0 Å². The van der Waals surface area contributed by atoms with Crippen LogP contribution in [0.25, 0.3) is 5.69 Å². The number of piperidine rings is 1. The number of nitrogens with one attached hydrogen (secondary N) is 1. The quantitative estimate of drug-likeness (QED) is 0.616. The normalized spacial score (nSPS) is 18.9. The van der Waals surface area contributed by atoms with E-state index in [0.29, 0.717) is 30.2 Å². The first-order valence-corrected chi connectivity index (χ1v) is 10.8. The summed E-state index contributed by atoms with van der Waals surface area (Å²) in [6.45, 7) is 4.94. The second-order valence-electron chi connectivity index (χ2n) is 8.28. The van der Waals surface area contributed by atoms with E-state index in [1.165, 1.54) is 10.9 Å². The minimum Gasteiger partial charge on any atom is -0.368 e. The number of carbonyl (C=O) groups excluding carboxylic acids is 1. The number of anilines is 1. The summed E-state index contributed by atoms with van der Waals surface area (Å²) in [6, 6.07) is 7.72. The van der Waals surface area contributed by atoms with Gasteiger partial charge in [0, 0.05) is 19.3 Å². The third-order valence-corrected chi connectivity index (χ3v) is 6.06. The molecule has 1 aliphatic rings. The Hall–Kier alpha value is -3.43. The molecule has 0 radical (unpaired) electrons. The molecule has 1 saturated heterocycles. The molecule has 1 amide bonds. The highest BCUT2D eigenvalue weighted by molar-refractivity contribution is 5.99. The molecular formula is C23H25F3N6O. The molecule has 1 aromatic carbocycles. The zero-order valence-electron chi connectivity index (χ0n) is 18.4. The van der Waals surface area contributed by atoms with Gasteiger partial charge in [-0.1, -0.05) is 19.1 Å². The molecule has 10 heteroatoms. The summed E-state index contributed by atoms with van der Waals surface area (Å²) in [7, 11) is 0. The van der Waals surface area contributed by atoms with Crippen molar-refractivity contribution in [3.63, 3.8) is 0 Å². The molecule has 0 bridgehead atoms. The van der Waals surface area contributed by atoms with E-state index in [1.807, 2.05) is 30.0 Å². The molecule has 7 nitrogen and oxygen atoms in total. The Morgan fingerprint density at radius 3 is 2.61 bits per heavy atom. The van der Waals surface area contributed by atoms with Crippen molar-refractivity contribution in [3.8, 4) is 5.69 Å². The van der Waals surface area contributed by atoms with Crippen molar-refractivity contribution in [3.05, 3.63) is 65.6 Å². The zero-order chi connectivity index (χ0) is 23.6. The zero-order valence-corrected chi connectivity index (χ0v) is 18.4. The fraction of sp³-hybridized carbons (Fsp3) is 0.391. The first-order chi connectivity index (χ1) is 15.8. The number of halogens is 3. The van der Waals surface area contributed by atoms with Crippen LogP contribution in [-0.2, 0) is 6.18 Å². The lowest BCUT2D eigenvalue weighted by Crippen LogP contribution is -2.51. The van der Waals surface area contributed by atoms with Crippen LogP contribution in [0.1, 0.15) is 41.3 Å². The Morgan fingerprint density at radius 1 is 1.18 bits per heavy atom. The lowest BCUT2D eigenvalue weighted by molar-refractivity contribution is -0.137. The van der Waals surface area contributed by atoms with Crippen molar-refractivity contribution >= 4 is 11.7 Å². The molecule has 0 aliphatic carbocycles. The molecule has 174 valence electrons. The number of alkyl halides is 3. The van der Waals surface area contributed by atoms with Crippen LogP contribution in [0.3, 0.4) is 0 Å². The molecule has 3 heterocycles. The number of hydrogen-bond donors (Lipinski definition) is 1. The van der Waals surface area contributed by atoms with Crippen LogP contribution >= 0.6 is 0 Å². The Bertz CT molecular complexity index is 1100. The summed E-state index contributed by atoms with van der Waals surface area (Å²) in [5.74, 6) is 0.435.